The minimum atomic E-state index is -4.35. The van der Waals surface area contributed by atoms with Crippen LogP contribution in [0, 0.1) is 0 Å². The van der Waals surface area contributed by atoms with Crippen LogP contribution in [-0.4, -0.2) is 42.2 Å². The number of carbonyl (C=O) groups excluding carboxylic acids is 1. The summed E-state index contributed by atoms with van der Waals surface area (Å²) in [4.78, 5) is 18.0. The smallest absolute Gasteiger partial charge is 0.370 e. The molecule has 0 fully saturated rings. The van der Waals surface area contributed by atoms with Crippen LogP contribution in [0.1, 0.15) is 10.4 Å². The third-order valence-electron chi connectivity index (χ3n) is 1.76. The molecule has 9 heteroatoms. The van der Waals surface area contributed by atoms with E-state index >= 15 is 0 Å². The van der Waals surface area contributed by atoms with Gasteiger partial charge in [-0.2, -0.15) is 13.2 Å². The van der Waals surface area contributed by atoms with E-state index in [9.17, 15) is 18.0 Å². The Balaban J connectivity index is 2.40. The van der Waals surface area contributed by atoms with Crippen molar-refractivity contribution in [3.05, 3.63) is 17.0 Å². The van der Waals surface area contributed by atoms with Gasteiger partial charge in [0.2, 0.25) is 0 Å². The molecule has 1 N–H and O–H groups in total. The minimum Gasteiger partial charge on any atom is -0.370 e. The van der Waals surface area contributed by atoms with Gasteiger partial charge < -0.3 is 10.1 Å². The number of hydrogen-bond acceptors (Lipinski definition) is 5. The van der Waals surface area contributed by atoms with Crippen LogP contribution in [0.3, 0.4) is 0 Å². The Kier molecular flexibility index (Phi) is 5.29. The number of nitrogens with one attached hydrogen (secondary N) is 1. The number of nitrogens with zero attached hydrogens (tertiary/aromatic N) is 2. The Hall–Kier alpha value is -1.41. The molecule has 0 amide bonds. The second kappa shape index (κ2) is 6.50. The first kappa shape index (κ1) is 14.7. The summed E-state index contributed by atoms with van der Waals surface area (Å²) in [5, 5.41) is 2.60. The molecule has 0 saturated heterocycles. The van der Waals surface area contributed by atoms with Gasteiger partial charge in [0.25, 0.3) is 0 Å². The van der Waals surface area contributed by atoms with Gasteiger partial charge in [0.1, 0.15) is 23.9 Å². The highest BCUT2D eigenvalue weighted by Gasteiger charge is 2.27. The molecule has 0 bridgehead atoms. The van der Waals surface area contributed by atoms with E-state index in [-0.39, 0.29) is 29.7 Å². The number of aldehydes is 1. The first-order chi connectivity index (χ1) is 8.44. The van der Waals surface area contributed by atoms with E-state index in [1.165, 1.54) is 0 Å². The predicted molar refractivity (Wildman–Crippen MR) is 57.8 cm³/mol. The molecule has 0 aliphatic heterocycles. The maximum Gasteiger partial charge on any atom is 0.411 e. The van der Waals surface area contributed by atoms with Crippen LogP contribution < -0.4 is 5.32 Å². The summed E-state index contributed by atoms with van der Waals surface area (Å²) < 4.78 is 39.6. The van der Waals surface area contributed by atoms with Crippen molar-refractivity contribution in [3.63, 3.8) is 0 Å². The Morgan fingerprint density at radius 2 is 2.17 bits per heavy atom. The van der Waals surface area contributed by atoms with Crippen molar-refractivity contribution < 1.29 is 22.7 Å². The molecule has 0 aliphatic rings. The highest BCUT2D eigenvalue weighted by molar-refractivity contribution is 6.32. The second-order valence-electron chi connectivity index (χ2n) is 3.14. The van der Waals surface area contributed by atoms with Crippen LogP contribution in [0.4, 0.5) is 19.0 Å². The molecule has 1 aromatic heterocycles. The Morgan fingerprint density at radius 1 is 1.44 bits per heavy atom. The average Bonchev–Trinajstić information content (AvgIpc) is 2.27. The maximum atomic E-state index is 11.7. The van der Waals surface area contributed by atoms with Crippen LogP contribution in [-0.2, 0) is 4.74 Å². The molecule has 1 heterocycles. The molecule has 0 saturated carbocycles. The lowest BCUT2D eigenvalue weighted by molar-refractivity contribution is -0.172. The van der Waals surface area contributed by atoms with Crippen molar-refractivity contribution in [1.82, 2.24) is 9.97 Å². The van der Waals surface area contributed by atoms with Gasteiger partial charge in [-0.25, -0.2) is 9.97 Å². The van der Waals surface area contributed by atoms with E-state index in [1.54, 1.807) is 0 Å². The third-order valence-corrected chi connectivity index (χ3v) is 2.06. The molecule has 1 aromatic rings. The van der Waals surface area contributed by atoms with Gasteiger partial charge >= 0.3 is 6.18 Å². The van der Waals surface area contributed by atoms with Crippen LogP contribution in [0.5, 0.6) is 0 Å². The molecule has 0 atom stereocenters. The molecule has 0 radical (unpaired) electrons. The number of alkyl halides is 3. The zero-order valence-corrected chi connectivity index (χ0v) is 9.75. The molecule has 100 valence electrons. The molecule has 0 unspecified atom stereocenters. The van der Waals surface area contributed by atoms with Crippen LogP contribution in [0.2, 0.25) is 5.15 Å². The standard InChI is InChI=1S/C9H9ClF3N3O2/c10-7-6(3-17)8(16-5-15-7)14-1-2-18-4-9(11,12)13/h3,5H,1-2,4H2,(H,14,15,16). The summed E-state index contributed by atoms with van der Waals surface area (Å²) in [6.07, 6.45) is -2.76. The van der Waals surface area contributed by atoms with Crippen molar-refractivity contribution >= 4 is 23.7 Å². The maximum absolute atomic E-state index is 11.7. The van der Waals surface area contributed by atoms with Gasteiger partial charge in [-0.15, -0.1) is 0 Å². The normalized spacial score (nSPS) is 11.3. The Labute approximate surface area is 105 Å². The second-order valence-corrected chi connectivity index (χ2v) is 3.50. The van der Waals surface area contributed by atoms with Gasteiger partial charge in [0.15, 0.2) is 6.29 Å². The van der Waals surface area contributed by atoms with Crippen molar-refractivity contribution in [2.24, 2.45) is 0 Å². The van der Waals surface area contributed by atoms with Crippen LogP contribution in [0.25, 0.3) is 0 Å². The Bertz CT molecular complexity index is 415. The van der Waals surface area contributed by atoms with Crippen molar-refractivity contribution in [2.45, 2.75) is 6.18 Å². The summed E-state index contributed by atoms with van der Waals surface area (Å²) in [6, 6.07) is 0. The van der Waals surface area contributed by atoms with E-state index in [4.69, 9.17) is 11.6 Å². The highest BCUT2D eigenvalue weighted by Crippen LogP contribution is 2.17. The number of anilines is 1. The van der Waals surface area contributed by atoms with E-state index in [0.29, 0.717) is 6.29 Å². The molecular weight excluding hydrogens is 275 g/mol. The van der Waals surface area contributed by atoms with Crippen molar-refractivity contribution in [2.75, 3.05) is 25.1 Å². The first-order valence-corrected chi connectivity index (χ1v) is 5.16. The van der Waals surface area contributed by atoms with Crippen LogP contribution in [0.15, 0.2) is 6.33 Å². The van der Waals surface area contributed by atoms with Gasteiger partial charge in [0, 0.05) is 6.54 Å². The summed E-state index contributed by atoms with van der Waals surface area (Å²) >= 11 is 5.63. The molecule has 1 rings (SSSR count). The third kappa shape index (κ3) is 4.84. The SMILES string of the molecule is O=Cc1c(Cl)ncnc1NCCOCC(F)(F)F. The summed E-state index contributed by atoms with van der Waals surface area (Å²) in [7, 11) is 0. The first-order valence-electron chi connectivity index (χ1n) is 4.78. The molecule has 0 aliphatic carbocycles. The number of rotatable bonds is 6. The van der Waals surface area contributed by atoms with E-state index in [2.05, 4.69) is 20.0 Å². The zero-order chi connectivity index (χ0) is 13.6. The number of hydrogen-bond donors (Lipinski definition) is 1. The van der Waals surface area contributed by atoms with Gasteiger partial charge in [-0.3, -0.25) is 4.79 Å². The van der Waals surface area contributed by atoms with E-state index < -0.39 is 12.8 Å². The lowest BCUT2D eigenvalue weighted by atomic mass is 10.3. The van der Waals surface area contributed by atoms with E-state index in [0.717, 1.165) is 6.33 Å². The minimum absolute atomic E-state index is 0.0290. The number of carbonyl (C=O) groups is 1. The van der Waals surface area contributed by atoms with Gasteiger partial charge in [-0.1, -0.05) is 11.6 Å². The molecule has 0 aromatic carbocycles. The molecule has 5 nitrogen and oxygen atoms in total. The largest absolute Gasteiger partial charge is 0.411 e. The lowest BCUT2D eigenvalue weighted by Gasteiger charge is -2.09. The number of aromatic nitrogens is 2. The van der Waals surface area contributed by atoms with Gasteiger partial charge in [0.05, 0.1) is 12.2 Å². The van der Waals surface area contributed by atoms with Crippen LogP contribution >= 0.6 is 11.6 Å². The fraction of sp³-hybridized carbons (Fsp3) is 0.444. The fourth-order valence-electron chi connectivity index (χ4n) is 1.05. The summed E-state index contributed by atoms with van der Waals surface area (Å²) in [5.41, 5.74) is 0.0509. The van der Waals surface area contributed by atoms with Crippen molar-refractivity contribution in [3.8, 4) is 0 Å². The highest BCUT2D eigenvalue weighted by atomic mass is 35.5. The monoisotopic (exact) mass is 283 g/mol. The topological polar surface area (TPSA) is 64.1 Å². The summed E-state index contributed by atoms with van der Waals surface area (Å²) in [5.74, 6) is 0.153. The quantitative estimate of drug-likeness (QED) is 0.491. The predicted octanol–water partition coefficient (Wildman–Crippen LogP) is 1.93. The zero-order valence-electron chi connectivity index (χ0n) is 9.00. The van der Waals surface area contributed by atoms with Crippen molar-refractivity contribution in [1.29, 1.82) is 0 Å². The number of ether oxygens (including phenoxy) is 1. The lowest BCUT2D eigenvalue weighted by Crippen LogP contribution is -2.20. The summed E-state index contributed by atoms with van der Waals surface area (Å²) in [6.45, 7) is -1.44. The molecule has 0 spiro atoms. The Morgan fingerprint density at radius 3 is 2.78 bits per heavy atom. The van der Waals surface area contributed by atoms with E-state index in [1.807, 2.05) is 0 Å². The number of halogens is 4. The molecule has 18 heavy (non-hydrogen) atoms. The van der Waals surface area contributed by atoms with Gasteiger partial charge in [-0.05, 0) is 0 Å². The average molecular weight is 284 g/mol. The molecular formula is C9H9ClF3N3O2. The fourth-order valence-corrected chi connectivity index (χ4v) is 1.23.